The molecule has 0 saturated carbocycles. The van der Waals surface area contributed by atoms with Crippen molar-refractivity contribution < 1.29 is 0 Å². The molecule has 4 aromatic heterocycles. The van der Waals surface area contributed by atoms with Crippen molar-refractivity contribution >= 4 is 65.4 Å². The molecule has 14 aromatic rings. The van der Waals surface area contributed by atoms with Crippen LogP contribution >= 0.6 is 0 Å². The summed E-state index contributed by atoms with van der Waals surface area (Å²) in [4.78, 5) is 16.4. The minimum absolute atomic E-state index is 0.564. The molecule has 10 aromatic carbocycles. The first-order valence-corrected chi connectivity index (χ1v) is 23.4. The third kappa shape index (κ3) is 6.02. The number of rotatable bonds is 7. The molecule has 0 unspecified atom stereocenters. The van der Waals surface area contributed by atoms with Crippen LogP contribution in [0.4, 0.5) is 0 Å². The quantitative estimate of drug-likeness (QED) is 0.160. The topological polar surface area (TPSA) is 53.5 Å². The Hall–Kier alpha value is -9.39. The van der Waals surface area contributed by atoms with Gasteiger partial charge >= 0.3 is 0 Å². The van der Waals surface area contributed by atoms with E-state index in [-0.39, 0.29) is 0 Å². The highest BCUT2D eigenvalue weighted by Gasteiger charge is 2.31. The van der Waals surface area contributed by atoms with E-state index in [1.54, 1.807) is 0 Å². The smallest absolute Gasteiger partial charge is 0.166 e. The SMILES string of the molecule is c1ccc(-c2nc(-c3ccccc3)nc(-c3c(-c4ccccc4)cc(-n4c5ccccc5c5ccccc54)c(-n4c5ccccc5c5ccccc54)c3-n3c4ccccc4c4ccccc43)n2)cc1. The molecule has 0 atom stereocenters. The first-order chi connectivity index (χ1) is 34.3. The van der Waals surface area contributed by atoms with Crippen LogP contribution in [0.15, 0.2) is 243 Å². The van der Waals surface area contributed by atoms with Crippen LogP contribution in [0, 0.1) is 0 Å². The van der Waals surface area contributed by atoms with Crippen LogP contribution in [0.3, 0.4) is 0 Å². The Kier molecular flexibility index (Phi) is 8.79. The number of fused-ring (bicyclic) bond motifs is 9. The Bertz CT molecular complexity index is 4080. The minimum Gasteiger partial charge on any atom is -0.307 e. The van der Waals surface area contributed by atoms with Gasteiger partial charge in [-0.15, -0.1) is 0 Å². The molecule has 0 saturated heterocycles. The van der Waals surface area contributed by atoms with E-state index in [2.05, 4.69) is 220 Å². The van der Waals surface area contributed by atoms with Crippen molar-refractivity contribution in [1.29, 1.82) is 0 Å². The zero-order valence-corrected chi connectivity index (χ0v) is 37.3. The van der Waals surface area contributed by atoms with Gasteiger partial charge in [-0.3, -0.25) is 0 Å². The molecule has 0 fully saturated rings. The molecule has 0 aliphatic heterocycles. The fourth-order valence-corrected chi connectivity index (χ4v) is 10.8. The Balaban J connectivity index is 1.29. The van der Waals surface area contributed by atoms with Crippen LogP contribution in [0.5, 0.6) is 0 Å². The van der Waals surface area contributed by atoms with E-state index in [9.17, 15) is 0 Å². The van der Waals surface area contributed by atoms with Crippen molar-refractivity contribution in [3.8, 4) is 62.4 Å². The fraction of sp³-hybridized carbons (Fsp3) is 0. The first-order valence-electron chi connectivity index (χ1n) is 23.4. The average molecular weight is 881 g/mol. The van der Waals surface area contributed by atoms with E-state index in [0.717, 1.165) is 88.8 Å². The molecule has 0 amide bonds. The van der Waals surface area contributed by atoms with E-state index < -0.39 is 0 Å². The summed E-state index contributed by atoms with van der Waals surface area (Å²) in [7, 11) is 0. The van der Waals surface area contributed by atoms with E-state index in [1.165, 1.54) is 21.5 Å². The second-order valence-electron chi connectivity index (χ2n) is 17.5. The Labute approximate surface area is 397 Å². The van der Waals surface area contributed by atoms with Gasteiger partial charge in [-0.2, -0.15) is 0 Å². The van der Waals surface area contributed by atoms with Gasteiger partial charge in [0.1, 0.15) is 0 Å². The molecule has 0 aliphatic rings. The highest BCUT2D eigenvalue weighted by Crippen LogP contribution is 2.49. The van der Waals surface area contributed by atoms with E-state index in [1.807, 2.05) is 36.4 Å². The number of nitrogens with zero attached hydrogens (tertiary/aromatic N) is 6. The third-order valence-corrected chi connectivity index (χ3v) is 13.7. The summed E-state index contributed by atoms with van der Waals surface area (Å²) in [5.41, 5.74) is 14.2. The minimum atomic E-state index is 0.564. The number of hydrogen-bond donors (Lipinski definition) is 0. The Morgan fingerprint density at radius 2 is 0.536 bits per heavy atom. The van der Waals surface area contributed by atoms with Crippen molar-refractivity contribution in [3.63, 3.8) is 0 Å². The number of benzene rings is 10. The fourth-order valence-electron chi connectivity index (χ4n) is 10.8. The summed E-state index contributed by atoms with van der Waals surface area (Å²) in [6.07, 6.45) is 0. The van der Waals surface area contributed by atoms with Crippen LogP contribution in [0.1, 0.15) is 0 Å². The predicted octanol–water partition coefficient (Wildman–Crippen LogP) is 15.8. The second-order valence-corrected chi connectivity index (χ2v) is 17.5. The normalized spacial score (nSPS) is 11.8. The van der Waals surface area contributed by atoms with Crippen LogP contribution in [-0.4, -0.2) is 28.7 Å². The maximum atomic E-state index is 5.60. The predicted molar refractivity (Wildman–Crippen MR) is 285 cm³/mol. The zero-order chi connectivity index (χ0) is 45.4. The van der Waals surface area contributed by atoms with Crippen LogP contribution < -0.4 is 0 Å². The summed E-state index contributed by atoms with van der Waals surface area (Å²) >= 11 is 0. The summed E-state index contributed by atoms with van der Waals surface area (Å²) in [6, 6.07) is 86.5. The lowest BCUT2D eigenvalue weighted by Crippen LogP contribution is -2.13. The second kappa shape index (κ2) is 15.6. The molecule has 322 valence electrons. The molecular formula is C63H40N6. The van der Waals surface area contributed by atoms with Gasteiger partial charge in [0.15, 0.2) is 17.5 Å². The molecule has 0 N–H and O–H groups in total. The van der Waals surface area contributed by atoms with Gasteiger partial charge in [-0.1, -0.05) is 200 Å². The molecule has 0 spiro atoms. The van der Waals surface area contributed by atoms with Gasteiger partial charge in [0.05, 0.1) is 55.7 Å². The van der Waals surface area contributed by atoms with Crippen LogP contribution in [0.25, 0.3) is 128 Å². The summed E-state index contributed by atoms with van der Waals surface area (Å²) in [6.45, 7) is 0. The lowest BCUT2D eigenvalue weighted by atomic mass is 9.94. The van der Waals surface area contributed by atoms with E-state index in [4.69, 9.17) is 15.0 Å². The number of aromatic nitrogens is 6. The van der Waals surface area contributed by atoms with E-state index in [0.29, 0.717) is 17.5 Å². The average Bonchev–Trinajstić information content (AvgIpc) is 4.07. The number of hydrogen-bond acceptors (Lipinski definition) is 3. The van der Waals surface area contributed by atoms with Gasteiger partial charge in [0.25, 0.3) is 0 Å². The molecule has 0 bridgehead atoms. The van der Waals surface area contributed by atoms with Crippen LogP contribution in [0.2, 0.25) is 0 Å². The van der Waals surface area contributed by atoms with Gasteiger partial charge in [0.2, 0.25) is 0 Å². The molecule has 14 rings (SSSR count). The van der Waals surface area contributed by atoms with Crippen molar-refractivity contribution in [3.05, 3.63) is 243 Å². The van der Waals surface area contributed by atoms with Gasteiger partial charge in [-0.05, 0) is 53.6 Å². The van der Waals surface area contributed by atoms with Crippen LogP contribution in [-0.2, 0) is 0 Å². The van der Waals surface area contributed by atoms with Gasteiger partial charge < -0.3 is 13.7 Å². The lowest BCUT2D eigenvalue weighted by Gasteiger charge is -2.27. The molecular weight excluding hydrogens is 841 g/mol. The molecule has 0 radical (unpaired) electrons. The zero-order valence-electron chi connectivity index (χ0n) is 37.3. The highest BCUT2D eigenvalue weighted by molar-refractivity contribution is 6.15. The Morgan fingerprint density at radius 1 is 0.246 bits per heavy atom. The van der Waals surface area contributed by atoms with E-state index >= 15 is 0 Å². The summed E-state index contributed by atoms with van der Waals surface area (Å²) in [5, 5.41) is 7.01. The Morgan fingerprint density at radius 3 is 0.913 bits per heavy atom. The largest absolute Gasteiger partial charge is 0.307 e. The maximum Gasteiger partial charge on any atom is 0.166 e. The maximum absolute atomic E-state index is 5.60. The van der Waals surface area contributed by atoms with Gasteiger partial charge in [-0.25, -0.2) is 15.0 Å². The lowest BCUT2D eigenvalue weighted by molar-refractivity contribution is 1.03. The molecule has 4 heterocycles. The van der Waals surface area contributed by atoms with Crippen molar-refractivity contribution in [1.82, 2.24) is 28.7 Å². The molecule has 6 nitrogen and oxygen atoms in total. The van der Waals surface area contributed by atoms with Crippen molar-refractivity contribution in [2.75, 3.05) is 0 Å². The van der Waals surface area contributed by atoms with Crippen molar-refractivity contribution in [2.45, 2.75) is 0 Å². The monoisotopic (exact) mass is 880 g/mol. The molecule has 0 aliphatic carbocycles. The van der Waals surface area contributed by atoms with Crippen molar-refractivity contribution in [2.24, 2.45) is 0 Å². The first kappa shape index (κ1) is 38.8. The molecule has 69 heavy (non-hydrogen) atoms. The number of para-hydroxylation sites is 6. The molecule has 6 heteroatoms. The highest BCUT2D eigenvalue weighted by atomic mass is 15.1. The standard InChI is InChI=1S/C63H40N6/c1-4-22-41(23-5-1)50-40-57(67-51-34-16-10-28-44(51)45-29-11-17-35-52(45)67)59(68-53-36-18-12-30-46(53)47-31-13-19-37-54(47)68)60(69-55-38-20-14-32-48(55)49-33-15-21-39-56(49)69)58(50)63-65-61(42-24-6-2-7-25-42)64-62(66-63)43-26-8-3-9-27-43/h1-40H. The summed E-state index contributed by atoms with van der Waals surface area (Å²) in [5.74, 6) is 1.75. The summed E-state index contributed by atoms with van der Waals surface area (Å²) < 4.78 is 7.46. The third-order valence-electron chi connectivity index (χ3n) is 13.7. The van der Waals surface area contributed by atoms with Gasteiger partial charge in [0, 0.05) is 43.4 Å².